The van der Waals surface area contributed by atoms with Crippen molar-refractivity contribution in [2.45, 2.75) is 13.1 Å². The molecule has 0 saturated carbocycles. The van der Waals surface area contributed by atoms with E-state index in [1.54, 1.807) is 10.7 Å². The van der Waals surface area contributed by atoms with Crippen LogP contribution in [0.4, 0.5) is 0 Å². The summed E-state index contributed by atoms with van der Waals surface area (Å²) in [7, 11) is 4.02. The molecule has 1 heterocycles. The molecule has 1 N–H and O–H groups in total. The standard InChI is InChI=1S/C20H21ClN4O/c1-24(2)13-16-12-23-25(14-16)19-6-4-3-5-18(19)20(26)22-11-15-7-9-17(21)10-8-15/h3-10,12,14H,11,13H2,1-2H3,(H,22,26). The molecule has 1 amide bonds. The largest absolute Gasteiger partial charge is 0.348 e. The van der Waals surface area contributed by atoms with Gasteiger partial charge in [-0.15, -0.1) is 0 Å². The van der Waals surface area contributed by atoms with Crippen LogP contribution in [0.1, 0.15) is 21.5 Å². The molecular weight excluding hydrogens is 348 g/mol. The summed E-state index contributed by atoms with van der Waals surface area (Å²) in [5, 5.41) is 8.04. The van der Waals surface area contributed by atoms with Crippen LogP contribution in [-0.2, 0) is 13.1 Å². The molecule has 26 heavy (non-hydrogen) atoms. The number of benzene rings is 2. The highest BCUT2D eigenvalue weighted by molar-refractivity contribution is 6.30. The van der Waals surface area contributed by atoms with Gasteiger partial charge in [0.1, 0.15) is 0 Å². The molecule has 0 radical (unpaired) electrons. The smallest absolute Gasteiger partial charge is 0.253 e. The van der Waals surface area contributed by atoms with Gasteiger partial charge in [-0.2, -0.15) is 5.10 Å². The van der Waals surface area contributed by atoms with Gasteiger partial charge in [0.05, 0.1) is 17.4 Å². The van der Waals surface area contributed by atoms with Crippen molar-refractivity contribution in [3.8, 4) is 5.69 Å². The Hall–Kier alpha value is -2.63. The zero-order valence-corrected chi connectivity index (χ0v) is 15.6. The van der Waals surface area contributed by atoms with Crippen molar-refractivity contribution in [3.63, 3.8) is 0 Å². The van der Waals surface area contributed by atoms with E-state index >= 15 is 0 Å². The molecule has 134 valence electrons. The first-order valence-corrected chi connectivity index (χ1v) is 8.71. The average molecular weight is 369 g/mol. The maximum atomic E-state index is 12.7. The number of para-hydroxylation sites is 1. The van der Waals surface area contributed by atoms with Crippen LogP contribution in [0.15, 0.2) is 60.9 Å². The molecule has 0 aliphatic heterocycles. The van der Waals surface area contributed by atoms with E-state index in [2.05, 4.69) is 15.3 Å². The summed E-state index contributed by atoms with van der Waals surface area (Å²) in [6, 6.07) is 14.9. The number of rotatable bonds is 6. The third-order valence-corrected chi connectivity index (χ3v) is 4.15. The molecule has 0 bridgehead atoms. The number of hydrogen-bond acceptors (Lipinski definition) is 3. The minimum atomic E-state index is -0.139. The summed E-state index contributed by atoms with van der Waals surface area (Å²) in [5.41, 5.74) is 3.42. The zero-order chi connectivity index (χ0) is 18.5. The lowest BCUT2D eigenvalue weighted by atomic mass is 10.1. The number of nitrogens with one attached hydrogen (secondary N) is 1. The predicted octanol–water partition coefficient (Wildman–Crippen LogP) is 3.52. The SMILES string of the molecule is CN(C)Cc1cnn(-c2ccccc2C(=O)NCc2ccc(Cl)cc2)c1. The molecule has 0 spiro atoms. The summed E-state index contributed by atoms with van der Waals surface area (Å²) in [6.07, 6.45) is 3.77. The summed E-state index contributed by atoms with van der Waals surface area (Å²) in [4.78, 5) is 14.8. The third kappa shape index (κ3) is 4.50. The van der Waals surface area contributed by atoms with Crippen molar-refractivity contribution in [3.05, 3.63) is 82.6 Å². The van der Waals surface area contributed by atoms with Gasteiger partial charge in [-0.05, 0) is 43.9 Å². The first-order chi connectivity index (χ1) is 12.5. The average Bonchev–Trinajstić information content (AvgIpc) is 3.08. The van der Waals surface area contributed by atoms with E-state index in [1.807, 2.05) is 69.0 Å². The lowest BCUT2D eigenvalue weighted by Crippen LogP contribution is -2.24. The Morgan fingerprint density at radius 1 is 1.12 bits per heavy atom. The van der Waals surface area contributed by atoms with E-state index in [9.17, 15) is 4.79 Å². The molecular formula is C20H21ClN4O. The van der Waals surface area contributed by atoms with E-state index in [1.165, 1.54) is 0 Å². The molecule has 0 atom stereocenters. The fraction of sp³-hybridized carbons (Fsp3) is 0.200. The molecule has 1 aromatic heterocycles. The Kier molecular flexibility index (Phi) is 5.71. The Bertz CT molecular complexity index is 887. The molecule has 0 saturated heterocycles. The lowest BCUT2D eigenvalue weighted by Gasteiger charge is -2.11. The van der Waals surface area contributed by atoms with E-state index < -0.39 is 0 Å². The molecule has 0 unspecified atom stereocenters. The molecule has 6 heteroatoms. The van der Waals surface area contributed by atoms with E-state index in [-0.39, 0.29) is 5.91 Å². The lowest BCUT2D eigenvalue weighted by molar-refractivity contribution is 0.0950. The molecule has 5 nitrogen and oxygen atoms in total. The Labute approximate surface area is 158 Å². The number of aromatic nitrogens is 2. The van der Waals surface area contributed by atoms with Crippen LogP contribution in [0.25, 0.3) is 5.69 Å². The van der Waals surface area contributed by atoms with Crippen molar-refractivity contribution in [2.75, 3.05) is 14.1 Å². The van der Waals surface area contributed by atoms with Crippen LogP contribution in [0.3, 0.4) is 0 Å². The maximum absolute atomic E-state index is 12.7. The number of carbonyl (C=O) groups excluding carboxylic acids is 1. The van der Waals surface area contributed by atoms with E-state index in [4.69, 9.17) is 11.6 Å². The highest BCUT2D eigenvalue weighted by atomic mass is 35.5. The third-order valence-electron chi connectivity index (χ3n) is 3.90. The highest BCUT2D eigenvalue weighted by Gasteiger charge is 2.13. The normalized spacial score (nSPS) is 10.9. The molecule has 3 aromatic rings. The Balaban J connectivity index is 1.76. The van der Waals surface area contributed by atoms with Gasteiger partial charge in [0, 0.05) is 29.9 Å². The Morgan fingerprint density at radius 3 is 2.58 bits per heavy atom. The molecule has 0 aliphatic carbocycles. The first-order valence-electron chi connectivity index (χ1n) is 8.33. The van der Waals surface area contributed by atoms with Crippen LogP contribution in [0.2, 0.25) is 5.02 Å². The van der Waals surface area contributed by atoms with Gasteiger partial charge in [-0.25, -0.2) is 4.68 Å². The van der Waals surface area contributed by atoms with Crippen molar-refractivity contribution in [2.24, 2.45) is 0 Å². The minimum absolute atomic E-state index is 0.139. The van der Waals surface area contributed by atoms with Gasteiger partial charge >= 0.3 is 0 Å². The van der Waals surface area contributed by atoms with Gasteiger partial charge in [-0.3, -0.25) is 4.79 Å². The van der Waals surface area contributed by atoms with Crippen LogP contribution < -0.4 is 5.32 Å². The number of halogens is 1. The van der Waals surface area contributed by atoms with E-state index in [0.717, 1.165) is 23.4 Å². The van der Waals surface area contributed by atoms with Crippen molar-refractivity contribution >= 4 is 17.5 Å². The van der Waals surface area contributed by atoms with Crippen molar-refractivity contribution in [1.29, 1.82) is 0 Å². The highest BCUT2D eigenvalue weighted by Crippen LogP contribution is 2.16. The predicted molar refractivity (Wildman–Crippen MR) is 104 cm³/mol. The van der Waals surface area contributed by atoms with Crippen LogP contribution >= 0.6 is 11.6 Å². The molecule has 0 aliphatic rings. The van der Waals surface area contributed by atoms with Gasteiger partial charge in [0.15, 0.2) is 0 Å². The quantitative estimate of drug-likeness (QED) is 0.724. The topological polar surface area (TPSA) is 50.2 Å². The summed E-state index contributed by atoms with van der Waals surface area (Å²) >= 11 is 5.89. The molecule has 2 aromatic carbocycles. The van der Waals surface area contributed by atoms with Crippen LogP contribution in [0, 0.1) is 0 Å². The van der Waals surface area contributed by atoms with Gasteiger partial charge in [0.2, 0.25) is 0 Å². The van der Waals surface area contributed by atoms with Gasteiger partial charge < -0.3 is 10.2 Å². The monoisotopic (exact) mass is 368 g/mol. The first kappa shape index (κ1) is 18.2. The number of carbonyl (C=O) groups is 1. The number of nitrogens with zero attached hydrogens (tertiary/aromatic N) is 3. The number of amides is 1. The Morgan fingerprint density at radius 2 is 1.85 bits per heavy atom. The van der Waals surface area contributed by atoms with Crippen LogP contribution in [0.5, 0.6) is 0 Å². The molecule has 0 fully saturated rings. The van der Waals surface area contributed by atoms with Crippen LogP contribution in [-0.4, -0.2) is 34.7 Å². The summed E-state index contributed by atoms with van der Waals surface area (Å²) < 4.78 is 1.75. The van der Waals surface area contributed by atoms with Crippen molar-refractivity contribution in [1.82, 2.24) is 20.0 Å². The van der Waals surface area contributed by atoms with E-state index in [0.29, 0.717) is 17.1 Å². The second-order valence-electron chi connectivity index (χ2n) is 6.36. The fourth-order valence-corrected chi connectivity index (χ4v) is 2.81. The summed E-state index contributed by atoms with van der Waals surface area (Å²) in [6.45, 7) is 1.24. The second-order valence-corrected chi connectivity index (χ2v) is 6.79. The second kappa shape index (κ2) is 8.17. The number of hydrogen-bond donors (Lipinski definition) is 1. The fourth-order valence-electron chi connectivity index (χ4n) is 2.68. The summed E-state index contributed by atoms with van der Waals surface area (Å²) in [5.74, 6) is -0.139. The van der Waals surface area contributed by atoms with Gasteiger partial charge in [0.25, 0.3) is 5.91 Å². The zero-order valence-electron chi connectivity index (χ0n) is 14.8. The van der Waals surface area contributed by atoms with Gasteiger partial charge in [-0.1, -0.05) is 35.9 Å². The molecule has 3 rings (SSSR count). The van der Waals surface area contributed by atoms with Crippen molar-refractivity contribution < 1.29 is 4.79 Å². The maximum Gasteiger partial charge on any atom is 0.253 e. The minimum Gasteiger partial charge on any atom is -0.348 e.